The van der Waals surface area contributed by atoms with Crippen LogP contribution in [0.4, 0.5) is 0 Å². The fourth-order valence-electron chi connectivity index (χ4n) is 2.66. The van der Waals surface area contributed by atoms with Gasteiger partial charge in [-0.15, -0.1) is 0 Å². The summed E-state index contributed by atoms with van der Waals surface area (Å²) in [5, 5.41) is 21.5. The van der Waals surface area contributed by atoms with Gasteiger partial charge in [0.1, 0.15) is 0 Å². The van der Waals surface area contributed by atoms with E-state index in [0.717, 1.165) is 16.3 Å². The molecule has 2 aromatic carbocycles. The maximum Gasteiger partial charge on any atom is 0.303 e. The lowest BCUT2D eigenvalue weighted by atomic mass is 9.81. The zero-order valence-corrected chi connectivity index (χ0v) is 11.8. The molecule has 3 nitrogen and oxygen atoms in total. The first-order chi connectivity index (χ1) is 9.39. The molecule has 0 spiro atoms. The molecule has 1 unspecified atom stereocenters. The van der Waals surface area contributed by atoms with Crippen molar-refractivity contribution in [3.8, 4) is 0 Å². The van der Waals surface area contributed by atoms with E-state index in [1.165, 1.54) is 0 Å². The molecule has 0 radical (unpaired) electrons. The van der Waals surface area contributed by atoms with Crippen molar-refractivity contribution in [2.75, 3.05) is 0 Å². The lowest BCUT2D eigenvalue weighted by molar-refractivity contribution is -0.139. The van der Waals surface area contributed by atoms with Crippen LogP contribution in [0.1, 0.15) is 38.4 Å². The number of benzene rings is 2. The normalized spacial score (nSPS) is 13.3. The fraction of sp³-hybridized carbons (Fsp3) is 0.353. The molecule has 0 aliphatic rings. The number of carbonyl (C=O) groups is 1. The minimum Gasteiger partial charge on any atom is -0.481 e. The molecule has 0 aliphatic heterocycles. The van der Waals surface area contributed by atoms with Gasteiger partial charge in [0, 0.05) is 0 Å². The van der Waals surface area contributed by atoms with E-state index in [0.29, 0.717) is 6.42 Å². The number of carboxylic acid groups (broad SMARTS) is 1. The molecular weight excluding hydrogens is 252 g/mol. The second kappa shape index (κ2) is 5.63. The van der Waals surface area contributed by atoms with Crippen molar-refractivity contribution >= 4 is 16.7 Å². The van der Waals surface area contributed by atoms with Crippen molar-refractivity contribution in [1.29, 1.82) is 0 Å². The monoisotopic (exact) mass is 272 g/mol. The average Bonchev–Trinajstić information content (AvgIpc) is 2.35. The Hall–Kier alpha value is -1.87. The highest BCUT2D eigenvalue weighted by molar-refractivity contribution is 5.85. The van der Waals surface area contributed by atoms with Crippen LogP contribution in [0.2, 0.25) is 0 Å². The van der Waals surface area contributed by atoms with Crippen molar-refractivity contribution in [2.24, 2.45) is 5.41 Å². The summed E-state index contributed by atoms with van der Waals surface area (Å²) in [6, 6.07) is 13.7. The van der Waals surface area contributed by atoms with Gasteiger partial charge in [-0.3, -0.25) is 4.79 Å². The van der Waals surface area contributed by atoms with Gasteiger partial charge in [-0.1, -0.05) is 56.3 Å². The van der Waals surface area contributed by atoms with E-state index < -0.39 is 17.5 Å². The number of carboxylic acids is 1. The SMILES string of the molecule is CC(C)(CC(=O)O)CC(O)c1cccc2ccccc12. The maximum absolute atomic E-state index is 10.9. The molecule has 2 rings (SSSR count). The summed E-state index contributed by atoms with van der Waals surface area (Å²) in [5.74, 6) is -0.833. The van der Waals surface area contributed by atoms with Gasteiger partial charge in [0.05, 0.1) is 12.5 Å². The Kier molecular flexibility index (Phi) is 4.09. The highest BCUT2D eigenvalue weighted by Gasteiger charge is 2.26. The number of hydrogen-bond donors (Lipinski definition) is 2. The van der Waals surface area contributed by atoms with Crippen LogP contribution in [0.25, 0.3) is 10.8 Å². The van der Waals surface area contributed by atoms with Crippen LogP contribution in [0.15, 0.2) is 42.5 Å². The number of rotatable bonds is 5. The molecule has 0 heterocycles. The first-order valence-corrected chi connectivity index (χ1v) is 6.76. The van der Waals surface area contributed by atoms with Gasteiger partial charge in [-0.05, 0) is 28.2 Å². The van der Waals surface area contributed by atoms with Gasteiger partial charge in [-0.25, -0.2) is 0 Å². The van der Waals surface area contributed by atoms with Crippen LogP contribution < -0.4 is 0 Å². The third-order valence-electron chi connectivity index (χ3n) is 3.56. The molecule has 20 heavy (non-hydrogen) atoms. The number of aliphatic hydroxyl groups is 1. The largest absolute Gasteiger partial charge is 0.481 e. The minimum atomic E-state index is -0.833. The Labute approximate surface area is 118 Å². The van der Waals surface area contributed by atoms with Gasteiger partial charge in [0.15, 0.2) is 0 Å². The van der Waals surface area contributed by atoms with E-state index in [1.807, 2.05) is 56.3 Å². The second-order valence-electron chi connectivity index (χ2n) is 6.02. The summed E-state index contributed by atoms with van der Waals surface area (Å²) >= 11 is 0. The molecule has 0 aliphatic carbocycles. The standard InChI is InChI=1S/C17H20O3/c1-17(2,11-16(19)20)10-15(18)14-9-5-7-12-6-3-4-8-13(12)14/h3-9,15,18H,10-11H2,1-2H3,(H,19,20). The predicted molar refractivity (Wildman–Crippen MR) is 79.6 cm³/mol. The smallest absolute Gasteiger partial charge is 0.303 e. The van der Waals surface area contributed by atoms with Crippen molar-refractivity contribution in [3.05, 3.63) is 48.0 Å². The highest BCUT2D eigenvalue weighted by Crippen LogP contribution is 2.35. The van der Waals surface area contributed by atoms with Crippen LogP contribution >= 0.6 is 0 Å². The average molecular weight is 272 g/mol. The zero-order valence-electron chi connectivity index (χ0n) is 11.8. The molecule has 0 saturated heterocycles. The van der Waals surface area contributed by atoms with Crippen molar-refractivity contribution in [1.82, 2.24) is 0 Å². The summed E-state index contributed by atoms with van der Waals surface area (Å²) in [4.78, 5) is 10.9. The third-order valence-corrected chi connectivity index (χ3v) is 3.56. The van der Waals surface area contributed by atoms with Gasteiger partial charge in [-0.2, -0.15) is 0 Å². The number of aliphatic carboxylic acids is 1. The molecule has 0 aromatic heterocycles. The Morgan fingerprint density at radius 3 is 2.50 bits per heavy atom. The Morgan fingerprint density at radius 2 is 1.80 bits per heavy atom. The quantitative estimate of drug-likeness (QED) is 0.871. The Bertz CT molecular complexity index is 611. The minimum absolute atomic E-state index is 0.0504. The van der Waals surface area contributed by atoms with Crippen LogP contribution in [-0.4, -0.2) is 16.2 Å². The Morgan fingerprint density at radius 1 is 1.15 bits per heavy atom. The molecule has 2 N–H and O–H groups in total. The highest BCUT2D eigenvalue weighted by atomic mass is 16.4. The van der Waals surface area contributed by atoms with E-state index in [4.69, 9.17) is 5.11 Å². The number of aliphatic hydroxyl groups excluding tert-OH is 1. The summed E-state index contributed by atoms with van der Waals surface area (Å²) in [5.41, 5.74) is 0.420. The predicted octanol–water partition coefficient (Wildman–Crippen LogP) is 3.76. The van der Waals surface area contributed by atoms with E-state index in [1.54, 1.807) is 0 Å². The summed E-state index contributed by atoms with van der Waals surface area (Å²) < 4.78 is 0. The first-order valence-electron chi connectivity index (χ1n) is 6.76. The molecule has 0 saturated carbocycles. The lowest BCUT2D eigenvalue weighted by Crippen LogP contribution is -2.20. The molecule has 2 aromatic rings. The number of hydrogen-bond acceptors (Lipinski definition) is 2. The van der Waals surface area contributed by atoms with Gasteiger partial charge >= 0.3 is 5.97 Å². The molecule has 0 amide bonds. The van der Waals surface area contributed by atoms with Crippen molar-refractivity contribution in [2.45, 2.75) is 32.8 Å². The second-order valence-corrected chi connectivity index (χ2v) is 6.02. The molecule has 3 heteroatoms. The summed E-state index contributed by atoms with van der Waals surface area (Å²) in [7, 11) is 0. The van der Waals surface area contributed by atoms with Crippen LogP contribution in [0.3, 0.4) is 0 Å². The summed E-state index contributed by atoms with van der Waals surface area (Å²) in [6.07, 6.45) is -0.183. The molecule has 0 fully saturated rings. The van der Waals surface area contributed by atoms with Crippen molar-refractivity contribution < 1.29 is 15.0 Å². The fourth-order valence-corrected chi connectivity index (χ4v) is 2.66. The lowest BCUT2D eigenvalue weighted by Gasteiger charge is -2.26. The zero-order chi connectivity index (χ0) is 14.8. The van der Waals surface area contributed by atoms with E-state index in [9.17, 15) is 9.90 Å². The summed E-state index contributed by atoms with van der Waals surface area (Å²) in [6.45, 7) is 3.74. The van der Waals surface area contributed by atoms with E-state index in [2.05, 4.69) is 0 Å². The van der Waals surface area contributed by atoms with Crippen molar-refractivity contribution in [3.63, 3.8) is 0 Å². The number of fused-ring (bicyclic) bond motifs is 1. The molecular formula is C17H20O3. The van der Waals surface area contributed by atoms with Gasteiger partial charge in [0.2, 0.25) is 0 Å². The van der Waals surface area contributed by atoms with E-state index >= 15 is 0 Å². The van der Waals surface area contributed by atoms with Crippen LogP contribution in [-0.2, 0) is 4.79 Å². The molecule has 0 bridgehead atoms. The topological polar surface area (TPSA) is 57.5 Å². The Balaban J connectivity index is 2.28. The van der Waals surface area contributed by atoms with E-state index in [-0.39, 0.29) is 6.42 Å². The molecule has 106 valence electrons. The maximum atomic E-state index is 10.9. The molecule has 1 atom stereocenters. The third kappa shape index (κ3) is 3.36. The van der Waals surface area contributed by atoms with Crippen LogP contribution in [0.5, 0.6) is 0 Å². The first kappa shape index (κ1) is 14.5. The van der Waals surface area contributed by atoms with Gasteiger partial charge < -0.3 is 10.2 Å². The van der Waals surface area contributed by atoms with Crippen LogP contribution in [0, 0.1) is 5.41 Å². The van der Waals surface area contributed by atoms with Gasteiger partial charge in [0.25, 0.3) is 0 Å².